The quantitative estimate of drug-likeness (QED) is 0.908. The van der Waals surface area contributed by atoms with Crippen LogP contribution in [0.15, 0.2) is 17.2 Å². The van der Waals surface area contributed by atoms with Gasteiger partial charge in [-0.25, -0.2) is 4.98 Å². The van der Waals surface area contributed by atoms with Gasteiger partial charge in [-0.2, -0.15) is 0 Å². The molecule has 112 valence electrons. The number of nitrogens with zero attached hydrogens (tertiary/aromatic N) is 3. The molecule has 1 aliphatic rings. The van der Waals surface area contributed by atoms with Crippen LogP contribution in [0.4, 0.5) is 5.82 Å². The van der Waals surface area contributed by atoms with Crippen molar-refractivity contribution in [2.24, 2.45) is 11.7 Å². The summed E-state index contributed by atoms with van der Waals surface area (Å²) < 4.78 is 1.75. The van der Waals surface area contributed by atoms with Crippen LogP contribution in [0.25, 0.3) is 0 Å². The first-order valence-electron chi connectivity index (χ1n) is 7.54. The predicted octanol–water partition coefficient (Wildman–Crippen LogP) is 1.61. The summed E-state index contributed by atoms with van der Waals surface area (Å²) in [6.45, 7) is 4.93. The summed E-state index contributed by atoms with van der Waals surface area (Å²) >= 11 is 0. The zero-order chi connectivity index (χ0) is 14.7. The van der Waals surface area contributed by atoms with Crippen LogP contribution in [0.3, 0.4) is 0 Å². The van der Waals surface area contributed by atoms with Crippen LogP contribution in [0.1, 0.15) is 39.5 Å². The number of nitrogens with two attached hydrogens (primary N) is 1. The molecule has 2 unspecified atom stereocenters. The first-order valence-corrected chi connectivity index (χ1v) is 7.54. The van der Waals surface area contributed by atoms with Gasteiger partial charge in [0.15, 0.2) is 5.82 Å². The average Bonchev–Trinajstić information content (AvgIpc) is 2.40. The second-order valence-electron chi connectivity index (χ2n) is 6.23. The van der Waals surface area contributed by atoms with Crippen LogP contribution >= 0.6 is 0 Å². The van der Waals surface area contributed by atoms with Gasteiger partial charge in [0.05, 0.1) is 0 Å². The minimum Gasteiger partial charge on any atom is -0.351 e. The summed E-state index contributed by atoms with van der Waals surface area (Å²) in [6, 6.07) is 0.354. The van der Waals surface area contributed by atoms with Gasteiger partial charge in [-0.15, -0.1) is 0 Å². The summed E-state index contributed by atoms with van der Waals surface area (Å²) in [5.41, 5.74) is 6.20. The fraction of sp³-hybridized carbons (Fsp3) is 0.733. The molecule has 2 atom stereocenters. The van der Waals surface area contributed by atoms with Crippen molar-refractivity contribution in [3.8, 4) is 0 Å². The molecule has 5 nitrogen and oxygen atoms in total. The maximum atomic E-state index is 12.5. The highest BCUT2D eigenvalue weighted by Crippen LogP contribution is 2.22. The van der Waals surface area contributed by atoms with E-state index in [0.717, 1.165) is 19.4 Å². The lowest BCUT2D eigenvalue weighted by Crippen LogP contribution is -2.50. The molecule has 1 aliphatic carbocycles. The summed E-state index contributed by atoms with van der Waals surface area (Å²) in [7, 11) is 1.94. The summed E-state index contributed by atoms with van der Waals surface area (Å²) in [4.78, 5) is 18.8. The molecule has 1 fully saturated rings. The van der Waals surface area contributed by atoms with E-state index < -0.39 is 0 Å². The van der Waals surface area contributed by atoms with Gasteiger partial charge in [-0.05, 0) is 18.8 Å². The first kappa shape index (κ1) is 15.0. The second kappa shape index (κ2) is 6.39. The molecule has 0 saturated heterocycles. The van der Waals surface area contributed by atoms with E-state index in [-0.39, 0.29) is 17.6 Å². The third-order valence-electron chi connectivity index (χ3n) is 4.07. The van der Waals surface area contributed by atoms with Gasteiger partial charge in [0.1, 0.15) is 0 Å². The van der Waals surface area contributed by atoms with E-state index in [0.29, 0.717) is 11.7 Å². The first-order chi connectivity index (χ1) is 9.50. The molecule has 1 heterocycles. The van der Waals surface area contributed by atoms with Crippen molar-refractivity contribution in [2.45, 2.75) is 58.2 Å². The van der Waals surface area contributed by atoms with E-state index >= 15 is 0 Å². The molecule has 1 aromatic heterocycles. The third-order valence-corrected chi connectivity index (χ3v) is 4.07. The lowest BCUT2D eigenvalue weighted by molar-refractivity contribution is 0.371. The van der Waals surface area contributed by atoms with Gasteiger partial charge in [-0.3, -0.25) is 4.79 Å². The maximum absolute atomic E-state index is 12.5. The molecular formula is C15H26N4O. The largest absolute Gasteiger partial charge is 0.351 e. The van der Waals surface area contributed by atoms with Crippen molar-refractivity contribution < 1.29 is 0 Å². The van der Waals surface area contributed by atoms with Gasteiger partial charge in [0.25, 0.3) is 5.56 Å². The third kappa shape index (κ3) is 3.20. The normalized spacial score (nSPS) is 23.1. The number of hydrogen-bond donors (Lipinski definition) is 1. The lowest BCUT2D eigenvalue weighted by Gasteiger charge is -2.36. The van der Waals surface area contributed by atoms with Crippen LogP contribution in [0, 0.1) is 5.92 Å². The van der Waals surface area contributed by atoms with Crippen LogP contribution in [-0.4, -0.2) is 28.7 Å². The van der Waals surface area contributed by atoms with Crippen LogP contribution < -0.4 is 16.2 Å². The topological polar surface area (TPSA) is 64.2 Å². The predicted molar refractivity (Wildman–Crippen MR) is 82.0 cm³/mol. The minimum atomic E-state index is -0.0125. The second-order valence-corrected chi connectivity index (χ2v) is 6.23. The fourth-order valence-corrected chi connectivity index (χ4v) is 2.99. The van der Waals surface area contributed by atoms with Crippen molar-refractivity contribution in [1.82, 2.24) is 9.55 Å². The van der Waals surface area contributed by atoms with E-state index in [1.165, 1.54) is 12.8 Å². The van der Waals surface area contributed by atoms with E-state index in [1.54, 1.807) is 17.0 Å². The minimum absolute atomic E-state index is 0.0125. The number of anilines is 1. The molecule has 5 heteroatoms. The molecule has 20 heavy (non-hydrogen) atoms. The zero-order valence-electron chi connectivity index (χ0n) is 12.7. The van der Waals surface area contributed by atoms with Gasteiger partial charge in [-0.1, -0.05) is 26.7 Å². The highest BCUT2D eigenvalue weighted by molar-refractivity contribution is 5.36. The van der Waals surface area contributed by atoms with Crippen LogP contribution in [0.5, 0.6) is 0 Å². The van der Waals surface area contributed by atoms with Crippen molar-refractivity contribution in [1.29, 1.82) is 0 Å². The Bertz CT molecular complexity index is 497. The molecular weight excluding hydrogens is 252 g/mol. The number of rotatable bonds is 4. The molecule has 1 aromatic rings. The Hall–Kier alpha value is -1.36. The van der Waals surface area contributed by atoms with Crippen LogP contribution in [-0.2, 0) is 6.54 Å². The smallest absolute Gasteiger partial charge is 0.293 e. The Labute approximate surface area is 120 Å². The van der Waals surface area contributed by atoms with Gasteiger partial charge in [0.2, 0.25) is 0 Å². The van der Waals surface area contributed by atoms with Crippen molar-refractivity contribution in [3.63, 3.8) is 0 Å². The molecule has 0 spiro atoms. The Morgan fingerprint density at radius 1 is 1.45 bits per heavy atom. The molecule has 0 bridgehead atoms. The van der Waals surface area contributed by atoms with Gasteiger partial charge in [0, 0.05) is 38.1 Å². The number of likely N-dealkylation sites (N-methyl/N-ethyl adjacent to an activating group) is 1. The molecule has 0 amide bonds. The molecule has 0 aliphatic heterocycles. The average molecular weight is 278 g/mol. The van der Waals surface area contributed by atoms with Gasteiger partial charge >= 0.3 is 0 Å². The summed E-state index contributed by atoms with van der Waals surface area (Å²) in [5, 5.41) is 0. The number of aromatic nitrogens is 2. The Kier molecular flexibility index (Phi) is 4.81. The Balaban J connectivity index is 2.25. The monoisotopic (exact) mass is 278 g/mol. The molecule has 2 N–H and O–H groups in total. The highest BCUT2D eigenvalue weighted by atomic mass is 16.1. The van der Waals surface area contributed by atoms with E-state index in [4.69, 9.17) is 5.73 Å². The fourth-order valence-electron chi connectivity index (χ4n) is 2.99. The molecule has 0 aromatic carbocycles. The maximum Gasteiger partial charge on any atom is 0.293 e. The van der Waals surface area contributed by atoms with Crippen molar-refractivity contribution in [3.05, 3.63) is 22.7 Å². The molecule has 1 saturated carbocycles. The van der Waals surface area contributed by atoms with E-state index in [2.05, 4.69) is 18.8 Å². The number of hydrogen-bond acceptors (Lipinski definition) is 4. The summed E-state index contributed by atoms with van der Waals surface area (Å²) in [6.07, 6.45) is 7.91. The lowest BCUT2D eigenvalue weighted by atomic mass is 9.90. The van der Waals surface area contributed by atoms with Crippen LogP contribution in [0.2, 0.25) is 0 Å². The van der Waals surface area contributed by atoms with Gasteiger partial charge < -0.3 is 15.2 Å². The highest BCUT2D eigenvalue weighted by Gasteiger charge is 2.27. The van der Waals surface area contributed by atoms with E-state index in [1.807, 2.05) is 11.9 Å². The molecule has 0 radical (unpaired) electrons. The van der Waals surface area contributed by atoms with Crippen molar-refractivity contribution >= 4 is 5.82 Å². The standard InChI is InChI=1S/C15H26N4O/c1-11(2)10-19-9-8-17-14(15(19)20)18(3)13-7-5-4-6-12(13)16/h8-9,11-13H,4-7,10,16H2,1-3H3. The SMILES string of the molecule is CC(C)Cn1ccnc(N(C)C2CCCCC2N)c1=O. The molecule has 2 rings (SSSR count). The van der Waals surface area contributed by atoms with E-state index in [9.17, 15) is 4.79 Å². The van der Waals surface area contributed by atoms with Crippen molar-refractivity contribution in [2.75, 3.05) is 11.9 Å². The Morgan fingerprint density at radius 2 is 2.15 bits per heavy atom. The Morgan fingerprint density at radius 3 is 2.80 bits per heavy atom. The zero-order valence-corrected chi connectivity index (χ0v) is 12.7. The summed E-state index contributed by atoms with van der Waals surface area (Å²) in [5.74, 6) is 0.959.